The third kappa shape index (κ3) is 3.76. The molecule has 0 saturated heterocycles. The number of anilines is 1. The van der Waals surface area contributed by atoms with E-state index in [0.29, 0.717) is 15.7 Å². The monoisotopic (exact) mass is 388 g/mol. The minimum atomic E-state index is 0.545. The summed E-state index contributed by atoms with van der Waals surface area (Å²) in [4.78, 5) is 7.15. The van der Waals surface area contributed by atoms with Crippen LogP contribution in [-0.2, 0) is 0 Å². The van der Waals surface area contributed by atoms with Crippen molar-refractivity contribution in [3.05, 3.63) is 46.2 Å². The maximum absolute atomic E-state index is 6.42. The Morgan fingerprint density at radius 2 is 1.77 bits per heavy atom. The van der Waals surface area contributed by atoms with Crippen molar-refractivity contribution in [2.24, 2.45) is 0 Å². The first-order valence-electron chi connectivity index (χ1n) is 8.88. The Balaban J connectivity index is 2.25. The minimum Gasteiger partial charge on any atom is -0.371 e. The molecule has 0 aliphatic carbocycles. The Morgan fingerprint density at radius 3 is 2.42 bits per heavy atom. The lowest BCUT2D eigenvalue weighted by Gasteiger charge is -2.25. The number of nitrogens with zero attached hydrogens (tertiary/aromatic N) is 4. The molecule has 0 bridgehead atoms. The van der Waals surface area contributed by atoms with Gasteiger partial charge in [-0.3, -0.25) is 4.98 Å². The Labute approximate surface area is 164 Å². The SMILES string of the molecule is CCCN(CCC)c1cc(C)nc2c(-c3ccc(Cl)cc3Cl)nncc12. The molecular formula is C20H22Cl2N4. The summed E-state index contributed by atoms with van der Waals surface area (Å²) in [5, 5.41) is 10.7. The summed E-state index contributed by atoms with van der Waals surface area (Å²) in [6.45, 7) is 8.37. The zero-order valence-electron chi connectivity index (χ0n) is 15.3. The fraction of sp³-hybridized carbons (Fsp3) is 0.350. The fourth-order valence-corrected chi connectivity index (χ4v) is 3.68. The molecule has 0 unspecified atom stereocenters. The molecule has 0 aliphatic heterocycles. The van der Waals surface area contributed by atoms with Gasteiger partial charge in [0.15, 0.2) is 0 Å². The molecule has 26 heavy (non-hydrogen) atoms. The van der Waals surface area contributed by atoms with E-state index in [1.807, 2.05) is 13.0 Å². The van der Waals surface area contributed by atoms with E-state index < -0.39 is 0 Å². The number of hydrogen-bond donors (Lipinski definition) is 0. The molecule has 0 N–H and O–H groups in total. The highest BCUT2D eigenvalue weighted by atomic mass is 35.5. The number of aryl methyl sites for hydroxylation is 1. The second-order valence-corrected chi connectivity index (χ2v) is 7.19. The number of hydrogen-bond acceptors (Lipinski definition) is 4. The molecule has 0 aliphatic rings. The summed E-state index contributed by atoms with van der Waals surface area (Å²) in [5.74, 6) is 0. The lowest BCUT2D eigenvalue weighted by molar-refractivity contribution is 0.746. The van der Waals surface area contributed by atoms with Crippen LogP contribution in [0, 0.1) is 6.92 Å². The summed E-state index contributed by atoms with van der Waals surface area (Å²) in [5.41, 5.74) is 4.38. The second-order valence-electron chi connectivity index (χ2n) is 6.35. The number of benzene rings is 1. The van der Waals surface area contributed by atoms with E-state index in [9.17, 15) is 0 Å². The Kier molecular flexibility index (Phi) is 5.94. The Bertz CT molecular complexity index is 921. The Hall–Kier alpha value is -1.91. The van der Waals surface area contributed by atoms with Gasteiger partial charge in [0.05, 0.1) is 11.2 Å². The third-order valence-corrected chi connectivity index (χ3v) is 4.80. The van der Waals surface area contributed by atoms with Crippen LogP contribution in [0.4, 0.5) is 5.69 Å². The zero-order valence-corrected chi connectivity index (χ0v) is 16.8. The van der Waals surface area contributed by atoms with Gasteiger partial charge in [-0.25, -0.2) is 0 Å². The topological polar surface area (TPSA) is 41.9 Å². The van der Waals surface area contributed by atoms with Gasteiger partial charge in [0, 0.05) is 40.4 Å². The number of halogens is 2. The molecule has 2 aromatic heterocycles. The Morgan fingerprint density at radius 1 is 1.04 bits per heavy atom. The largest absolute Gasteiger partial charge is 0.371 e. The van der Waals surface area contributed by atoms with Crippen LogP contribution in [-0.4, -0.2) is 28.3 Å². The van der Waals surface area contributed by atoms with Crippen LogP contribution in [0.3, 0.4) is 0 Å². The van der Waals surface area contributed by atoms with Gasteiger partial charge in [-0.2, -0.15) is 5.10 Å². The van der Waals surface area contributed by atoms with Crippen molar-refractivity contribution in [2.45, 2.75) is 33.6 Å². The molecule has 3 rings (SSSR count). The quantitative estimate of drug-likeness (QED) is 0.524. The number of aromatic nitrogens is 3. The molecule has 4 nitrogen and oxygen atoms in total. The average Bonchev–Trinajstić information content (AvgIpc) is 2.61. The van der Waals surface area contributed by atoms with Gasteiger partial charge in [0.2, 0.25) is 0 Å². The van der Waals surface area contributed by atoms with Crippen molar-refractivity contribution in [3.63, 3.8) is 0 Å². The van der Waals surface area contributed by atoms with Gasteiger partial charge in [0.1, 0.15) is 11.2 Å². The molecule has 0 saturated carbocycles. The van der Waals surface area contributed by atoms with E-state index in [1.165, 1.54) is 0 Å². The highest BCUT2D eigenvalue weighted by molar-refractivity contribution is 6.36. The van der Waals surface area contributed by atoms with Crippen molar-refractivity contribution >= 4 is 39.8 Å². The highest BCUT2D eigenvalue weighted by Gasteiger charge is 2.17. The van der Waals surface area contributed by atoms with Crippen LogP contribution in [0.5, 0.6) is 0 Å². The lowest BCUT2D eigenvalue weighted by Crippen LogP contribution is -2.25. The summed E-state index contributed by atoms with van der Waals surface area (Å²) < 4.78 is 0. The number of rotatable bonds is 6. The molecule has 0 spiro atoms. The molecule has 1 aromatic carbocycles. The van der Waals surface area contributed by atoms with Gasteiger partial charge < -0.3 is 4.90 Å². The maximum Gasteiger partial charge on any atom is 0.121 e. The van der Waals surface area contributed by atoms with E-state index in [0.717, 1.165) is 53.8 Å². The van der Waals surface area contributed by atoms with Gasteiger partial charge in [-0.15, -0.1) is 5.10 Å². The van der Waals surface area contributed by atoms with E-state index in [4.69, 9.17) is 28.2 Å². The van der Waals surface area contributed by atoms with Gasteiger partial charge in [-0.1, -0.05) is 37.0 Å². The van der Waals surface area contributed by atoms with Crippen LogP contribution in [0.1, 0.15) is 32.4 Å². The standard InChI is InChI=1S/C20H22Cl2N4/c1-4-8-26(9-5-2)18-10-13(3)24-19-16(18)12-23-25-20(19)15-7-6-14(21)11-17(15)22/h6-7,10-12H,4-5,8-9H2,1-3H3. The molecule has 6 heteroatoms. The first-order chi connectivity index (χ1) is 12.5. The van der Waals surface area contributed by atoms with Crippen LogP contribution < -0.4 is 4.90 Å². The maximum atomic E-state index is 6.42. The van der Waals surface area contributed by atoms with Crippen molar-refractivity contribution in [3.8, 4) is 11.3 Å². The van der Waals surface area contributed by atoms with Crippen molar-refractivity contribution < 1.29 is 0 Å². The van der Waals surface area contributed by atoms with E-state index in [1.54, 1.807) is 18.3 Å². The van der Waals surface area contributed by atoms with Gasteiger partial charge >= 0.3 is 0 Å². The van der Waals surface area contributed by atoms with Crippen LogP contribution in [0.15, 0.2) is 30.5 Å². The summed E-state index contributed by atoms with van der Waals surface area (Å²) >= 11 is 12.5. The molecule has 0 atom stereocenters. The lowest BCUT2D eigenvalue weighted by atomic mass is 10.1. The van der Waals surface area contributed by atoms with Crippen molar-refractivity contribution in [1.29, 1.82) is 0 Å². The van der Waals surface area contributed by atoms with E-state index >= 15 is 0 Å². The highest BCUT2D eigenvalue weighted by Crippen LogP contribution is 2.35. The van der Waals surface area contributed by atoms with Crippen molar-refractivity contribution in [1.82, 2.24) is 15.2 Å². The second kappa shape index (κ2) is 8.19. The first-order valence-corrected chi connectivity index (χ1v) is 9.64. The number of fused-ring (bicyclic) bond motifs is 1. The molecule has 136 valence electrons. The molecule has 0 amide bonds. The van der Waals surface area contributed by atoms with Crippen LogP contribution in [0.2, 0.25) is 10.0 Å². The van der Waals surface area contributed by atoms with Gasteiger partial charge in [0.25, 0.3) is 0 Å². The predicted molar refractivity (Wildman–Crippen MR) is 110 cm³/mol. The van der Waals surface area contributed by atoms with E-state index in [-0.39, 0.29) is 0 Å². The average molecular weight is 389 g/mol. The summed E-state index contributed by atoms with van der Waals surface area (Å²) in [7, 11) is 0. The van der Waals surface area contributed by atoms with Crippen LogP contribution >= 0.6 is 23.2 Å². The zero-order chi connectivity index (χ0) is 18.7. The van der Waals surface area contributed by atoms with E-state index in [2.05, 4.69) is 35.0 Å². The normalized spacial score (nSPS) is 11.1. The smallest absolute Gasteiger partial charge is 0.121 e. The first kappa shape index (κ1) is 18.9. The summed E-state index contributed by atoms with van der Waals surface area (Å²) in [6.07, 6.45) is 3.96. The van der Waals surface area contributed by atoms with Gasteiger partial charge in [-0.05, 0) is 44.0 Å². The molecule has 3 aromatic rings. The molecular weight excluding hydrogens is 367 g/mol. The number of pyridine rings is 1. The molecule has 2 heterocycles. The van der Waals surface area contributed by atoms with Crippen molar-refractivity contribution in [2.75, 3.05) is 18.0 Å². The van der Waals surface area contributed by atoms with Crippen LogP contribution in [0.25, 0.3) is 22.2 Å². The fourth-order valence-electron chi connectivity index (χ4n) is 3.18. The summed E-state index contributed by atoms with van der Waals surface area (Å²) in [6, 6.07) is 7.52. The predicted octanol–water partition coefficient (Wildman–Crippen LogP) is 5.93. The molecule has 0 radical (unpaired) electrons. The molecule has 0 fully saturated rings. The minimum absolute atomic E-state index is 0.545. The third-order valence-electron chi connectivity index (χ3n) is 4.25.